The summed E-state index contributed by atoms with van der Waals surface area (Å²) in [7, 11) is 0. The summed E-state index contributed by atoms with van der Waals surface area (Å²) in [5, 5.41) is 8.03. The Labute approximate surface area is 113 Å². The predicted octanol–water partition coefficient (Wildman–Crippen LogP) is 3.98. The van der Waals surface area contributed by atoms with Crippen LogP contribution in [-0.2, 0) is 6.42 Å². The lowest BCUT2D eigenvalue weighted by Gasteiger charge is -1.99. The van der Waals surface area contributed by atoms with Crippen molar-refractivity contribution in [2.24, 2.45) is 0 Å². The average molecular weight is 316 g/mol. The first kappa shape index (κ1) is 12.6. The third-order valence-corrected chi connectivity index (χ3v) is 3.55. The van der Waals surface area contributed by atoms with Crippen LogP contribution < -0.4 is 0 Å². The molecule has 0 atom stereocenters. The molecule has 5 heteroatoms. The lowest BCUT2D eigenvalue weighted by Crippen LogP contribution is -1.85. The van der Waals surface area contributed by atoms with Crippen molar-refractivity contribution in [2.75, 3.05) is 5.88 Å². The van der Waals surface area contributed by atoms with Gasteiger partial charge in [0.1, 0.15) is 0 Å². The smallest absolute Gasteiger partial charge is 0.247 e. The van der Waals surface area contributed by atoms with E-state index in [1.54, 1.807) is 0 Å². The molecule has 0 aliphatic carbocycles. The molecule has 90 valence electrons. The predicted molar refractivity (Wildman–Crippen MR) is 71.2 cm³/mol. The van der Waals surface area contributed by atoms with E-state index in [0.29, 0.717) is 17.7 Å². The Morgan fingerprint density at radius 3 is 2.88 bits per heavy atom. The molecular weight excluding hydrogens is 304 g/mol. The Balaban J connectivity index is 2.21. The third kappa shape index (κ3) is 3.07. The zero-order chi connectivity index (χ0) is 12.3. The molecule has 0 bridgehead atoms. The normalized spacial score (nSPS) is 10.8. The number of hydrogen-bond donors (Lipinski definition) is 0. The number of benzene rings is 1. The molecule has 0 saturated carbocycles. The van der Waals surface area contributed by atoms with Gasteiger partial charge in [0.25, 0.3) is 0 Å². The Morgan fingerprint density at radius 1 is 1.35 bits per heavy atom. The molecule has 0 fully saturated rings. The fourth-order valence-electron chi connectivity index (χ4n) is 1.47. The van der Waals surface area contributed by atoms with Gasteiger partial charge in [-0.25, -0.2) is 0 Å². The van der Waals surface area contributed by atoms with Gasteiger partial charge in [0.05, 0.1) is 0 Å². The van der Waals surface area contributed by atoms with Crippen LogP contribution in [0.1, 0.15) is 17.9 Å². The maximum Gasteiger partial charge on any atom is 0.247 e. The minimum atomic E-state index is 0.560. The lowest BCUT2D eigenvalue weighted by atomic mass is 10.1. The van der Waals surface area contributed by atoms with Crippen molar-refractivity contribution in [3.8, 4) is 11.5 Å². The van der Waals surface area contributed by atoms with Crippen LogP contribution in [0.15, 0.2) is 27.1 Å². The second-order valence-corrected chi connectivity index (χ2v) is 4.99. The zero-order valence-electron chi connectivity index (χ0n) is 9.41. The Morgan fingerprint density at radius 2 is 2.18 bits per heavy atom. The Kier molecular flexibility index (Phi) is 4.18. The van der Waals surface area contributed by atoms with Crippen LogP contribution in [0.3, 0.4) is 0 Å². The summed E-state index contributed by atoms with van der Waals surface area (Å²) in [4.78, 5) is 0. The van der Waals surface area contributed by atoms with Crippen LogP contribution >= 0.6 is 27.5 Å². The average Bonchev–Trinajstić information content (AvgIpc) is 2.79. The van der Waals surface area contributed by atoms with Gasteiger partial charge in [-0.3, -0.25) is 0 Å². The molecule has 1 aromatic heterocycles. The van der Waals surface area contributed by atoms with Crippen molar-refractivity contribution >= 4 is 27.5 Å². The van der Waals surface area contributed by atoms with E-state index in [1.165, 1.54) is 0 Å². The second-order valence-electron chi connectivity index (χ2n) is 3.76. The molecule has 1 aromatic carbocycles. The molecule has 17 heavy (non-hydrogen) atoms. The summed E-state index contributed by atoms with van der Waals surface area (Å²) in [5.74, 6) is 1.81. The van der Waals surface area contributed by atoms with Crippen molar-refractivity contribution in [3.05, 3.63) is 34.1 Å². The van der Waals surface area contributed by atoms with Gasteiger partial charge in [-0.2, -0.15) is 0 Å². The fourth-order valence-corrected chi connectivity index (χ4v) is 1.85. The largest absolute Gasteiger partial charge is 0.421 e. The van der Waals surface area contributed by atoms with Crippen LogP contribution in [0.5, 0.6) is 0 Å². The molecule has 0 saturated heterocycles. The standard InChI is InChI=1S/C12H12BrClN2O/c1-8-7-9(4-5-10(8)13)12-16-15-11(17-12)3-2-6-14/h4-5,7H,2-3,6H2,1H3. The van der Waals surface area contributed by atoms with E-state index in [4.69, 9.17) is 16.0 Å². The number of nitrogens with zero attached hydrogens (tertiary/aromatic N) is 2. The van der Waals surface area contributed by atoms with Crippen molar-refractivity contribution in [3.63, 3.8) is 0 Å². The number of alkyl halides is 1. The Bertz CT molecular complexity index is 513. The number of halogens is 2. The molecule has 2 rings (SSSR count). The van der Waals surface area contributed by atoms with Crippen LogP contribution in [0.2, 0.25) is 0 Å². The topological polar surface area (TPSA) is 38.9 Å². The monoisotopic (exact) mass is 314 g/mol. The van der Waals surface area contributed by atoms with Gasteiger partial charge in [0.15, 0.2) is 0 Å². The van der Waals surface area contributed by atoms with Crippen LogP contribution in [-0.4, -0.2) is 16.1 Å². The lowest BCUT2D eigenvalue weighted by molar-refractivity contribution is 0.502. The van der Waals surface area contributed by atoms with E-state index in [1.807, 2.05) is 25.1 Å². The summed E-state index contributed by atoms with van der Waals surface area (Å²) in [6, 6.07) is 5.95. The molecule has 0 unspecified atom stereocenters. The minimum Gasteiger partial charge on any atom is -0.421 e. The van der Waals surface area contributed by atoms with Crippen molar-refractivity contribution < 1.29 is 4.42 Å². The summed E-state index contributed by atoms with van der Waals surface area (Å²) >= 11 is 9.08. The van der Waals surface area contributed by atoms with E-state index in [0.717, 1.165) is 28.4 Å². The van der Waals surface area contributed by atoms with Crippen molar-refractivity contribution in [1.82, 2.24) is 10.2 Å². The quantitative estimate of drug-likeness (QED) is 0.801. The number of aromatic nitrogens is 2. The molecule has 0 N–H and O–H groups in total. The minimum absolute atomic E-state index is 0.560. The number of hydrogen-bond acceptors (Lipinski definition) is 3. The zero-order valence-corrected chi connectivity index (χ0v) is 11.8. The first-order valence-corrected chi connectivity index (χ1v) is 6.68. The molecular formula is C12H12BrClN2O. The highest BCUT2D eigenvalue weighted by atomic mass is 79.9. The van der Waals surface area contributed by atoms with Crippen molar-refractivity contribution in [1.29, 1.82) is 0 Å². The molecule has 0 amide bonds. The third-order valence-electron chi connectivity index (χ3n) is 2.40. The van der Waals surface area contributed by atoms with E-state index in [9.17, 15) is 0 Å². The maximum absolute atomic E-state index is 5.62. The van der Waals surface area contributed by atoms with Gasteiger partial charge >= 0.3 is 0 Å². The molecule has 3 nitrogen and oxygen atoms in total. The van der Waals surface area contributed by atoms with Gasteiger partial charge in [0.2, 0.25) is 11.8 Å². The summed E-state index contributed by atoms with van der Waals surface area (Å²) in [6.45, 7) is 2.03. The highest BCUT2D eigenvalue weighted by molar-refractivity contribution is 9.10. The molecule has 1 heterocycles. The summed E-state index contributed by atoms with van der Waals surface area (Å²) in [6.07, 6.45) is 1.58. The van der Waals surface area contributed by atoms with Gasteiger partial charge in [-0.1, -0.05) is 15.9 Å². The number of rotatable bonds is 4. The van der Waals surface area contributed by atoms with E-state index < -0.39 is 0 Å². The SMILES string of the molecule is Cc1cc(-c2nnc(CCCCl)o2)ccc1Br. The summed E-state index contributed by atoms with van der Waals surface area (Å²) in [5.41, 5.74) is 2.08. The first-order valence-electron chi connectivity index (χ1n) is 5.35. The maximum atomic E-state index is 5.62. The van der Waals surface area contributed by atoms with Crippen molar-refractivity contribution in [2.45, 2.75) is 19.8 Å². The van der Waals surface area contributed by atoms with Gasteiger partial charge in [-0.15, -0.1) is 21.8 Å². The van der Waals surface area contributed by atoms with Gasteiger partial charge in [0, 0.05) is 22.3 Å². The molecule has 0 aliphatic heterocycles. The van der Waals surface area contributed by atoms with E-state index in [2.05, 4.69) is 26.1 Å². The van der Waals surface area contributed by atoms with Crippen LogP contribution in [0.25, 0.3) is 11.5 Å². The molecule has 0 aliphatic rings. The molecule has 0 spiro atoms. The molecule has 2 aromatic rings. The summed E-state index contributed by atoms with van der Waals surface area (Å²) < 4.78 is 6.64. The highest BCUT2D eigenvalue weighted by Gasteiger charge is 2.09. The van der Waals surface area contributed by atoms with Crippen LogP contribution in [0.4, 0.5) is 0 Å². The highest BCUT2D eigenvalue weighted by Crippen LogP contribution is 2.24. The van der Waals surface area contributed by atoms with Gasteiger partial charge in [-0.05, 0) is 37.1 Å². The van der Waals surface area contributed by atoms with E-state index >= 15 is 0 Å². The van der Waals surface area contributed by atoms with Crippen LogP contribution in [0, 0.1) is 6.92 Å². The second kappa shape index (κ2) is 5.65. The van der Waals surface area contributed by atoms with Gasteiger partial charge < -0.3 is 4.42 Å². The molecule has 0 radical (unpaired) electrons. The first-order chi connectivity index (χ1) is 8.20. The van der Waals surface area contributed by atoms with E-state index in [-0.39, 0.29) is 0 Å². The fraction of sp³-hybridized carbons (Fsp3) is 0.333. The Hall–Kier alpha value is -0.870. The number of aryl methyl sites for hydroxylation is 2.